The fourth-order valence-corrected chi connectivity index (χ4v) is 8.09. The van der Waals surface area contributed by atoms with E-state index in [9.17, 15) is 30.0 Å². The quantitative estimate of drug-likeness (QED) is 0.0264. The predicted molar refractivity (Wildman–Crippen MR) is 261 cm³/mol. The van der Waals surface area contributed by atoms with Crippen LogP contribution in [-0.2, 0) is 28.5 Å². The van der Waals surface area contributed by atoms with Crippen molar-refractivity contribution in [1.29, 1.82) is 0 Å². The normalized spacial score (nSPS) is 19.6. The maximum atomic E-state index is 12.8. The van der Waals surface area contributed by atoms with Gasteiger partial charge in [-0.1, -0.05) is 217 Å². The molecule has 64 heavy (non-hydrogen) atoms. The summed E-state index contributed by atoms with van der Waals surface area (Å²) in [7, 11) is 0. The van der Waals surface area contributed by atoms with Gasteiger partial charge in [-0.15, -0.1) is 0 Å². The SMILES string of the molecule is CCCCCCCC/C=C/C/C=C/C/C=C/CCCC(=O)O[C@@H](COC(=O)CCCCCCCCCCCCCCCCCCCCCCCC)CO[C@H]1O[C@@H](CO)[C@@H](O)C(O)C1O. The smallest absolute Gasteiger partial charge is 0.306 e. The van der Waals surface area contributed by atoms with Crippen LogP contribution in [0.4, 0.5) is 0 Å². The van der Waals surface area contributed by atoms with Gasteiger partial charge in [0.1, 0.15) is 31.0 Å². The Morgan fingerprint density at radius 2 is 0.891 bits per heavy atom. The topological polar surface area (TPSA) is 152 Å². The highest BCUT2D eigenvalue weighted by Gasteiger charge is 2.44. The Balaban J connectivity index is 2.26. The van der Waals surface area contributed by atoms with Gasteiger partial charge in [0.15, 0.2) is 12.4 Å². The summed E-state index contributed by atoms with van der Waals surface area (Å²) in [5, 5.41) is 40.2. The molecule has 10 nitrogen and oxygen atoms in total. The summed E-state index contributed by atoms with van der Waals surface area (Å²) in [6.45, 7) is 3.40. The number of carbonyl (C=O) groups is 2. The first kappa shape index (κ1) is 59.9. The van der Waals surface area contributed by atoms with Crippen LogP contribution in [0.3, 0.4) is 0 Å². The number of aliphatic hydroxyl groups excluding tert-OH is 4. The first-order valence-corrected chi connectivity index (χ1v) is 26.6. The highest BCUT2D eigenvalue weighted by Crippen LogP contribution is 2.23. The standard InChI is InChI=1S/C54H98O10/c1-3-5-7-9-11-13-15-17-19-21-22-23-24-25-27-28-30-32-34-36-38-40-42-49(56)61-45-47(46-62-54-53(60)52(59)51(58)48(44-55)64-54)63-50(57)43-41-39-37-35-33-31-29-26-20-18-16-14-12-10-8-6-4-2/h18,20,29,31,35,37,47-48,51-55,58-60H,3-17,19,21-28,30,32-34,36,38-46H2,1-2H3/b20-18+,31-29+,37-35+/t47-,48-,51+,52?,53?,54-/m0/s1. The van der Waals surface area contributed by atoms with E-state index in [4.69, 9.17) is 18.9 Å². The molecule has 6 atom stereocenters. The Morgan fingerprint density at radius 1 is 0.484 bits per heavy atom. The number of carbonyl (C=O) groups excluding carboxylic acids is 2. The molecule has 1 rings (SSSR count). The number of hydrogen-bond acceptors (Lipinski definition) is 10. The van der Waals surface area contributed by atoms with Crippen molar-refractivity contribution >= 4 is 11.9 Å². The Morgan fingerprint density at radius 3 is 1.36 bits per heavy atom. The molecule has 0 spiro atoms. The Kier molecular flexibility index (Phi) is 41.9. The molecule has 1 heterocycles. The fraction of sp³-hybridized carbons (Fsp3) is 0.852. The molecule has 374 valence electrons. The average molecular weight is 907 g/mol. The second-order valence-corrected chi connectivity index (χ2v) is 18.3. The highest BCUT2D eigenvalue weighted by molar-refractivity contribution is 5.70. The van der Waals surface area contributed by atoms with Gasteiger partial charge in [-0.2, -0.15) is 0 Å². The van der Waals surface area contributed by atoms with Crippen molar-refractivity contribution in [3.63, 3.8) is 0 Å². The molecule has 0 aliphatic carbocycles. The van der Waals surface area contributed by atoms with Crippen molar-refractivity contribution in [3.8, 4) is 0 Å². The van der Waals surface area contributed by atoms with E-state index in [1.165, 1.54) is 161 Å². The van der Waals surface area contributed by atoms with E-state index >= 15 is 0 Å². The van der Waals surface area contributed by atoms with E-state index < -0.39 is 49.4 Å². The van der Waals surface area contributed by atoms with Crippen molar-refractivity contribution < 1.29 is 49.0 Å². The third-order valence-electron chi connectivity index (χ3n) is 12.3. The molecule has 1 aliphatic heterocycles. The van der Waals surface area contributed by atoms with Crippen LogP contribution >= 0.6 is 0 Å². The molecular formula is C54H98O10. The van der Waals surface area contributed by atoms with Crippen molar-refractivity contribution in [2.24, 2.45) is 0 Å². The van der Waals surface area contributed by atoms with Crippen LogP contribution in [0.15, 0.2) is 36.5 Å². The van der Waals surface area contributed by atoms with E-state index in [-0.39, 0.29) is 32.0 Å². The summed E-state index contributed by atoms with van der Waals surface area (Å²) in [6, 6.07) is 0. The van der Waals surface area contributed by atoms with E-state index in [1.54, 1.807) is 0 Å². The molecule has 0 aromatic rings. The first-order chi connectivity index (χ1) is 31.3. The summed E-state index contributed by atoms with van der Waals surface area (Å²) in [5.74, 6) is -0.857. The van der Waals surface area contributed by atoms with Crippen LogP contribution in [0.25, 0.3) is 0 Å². The summed E-state index contributed by atoms with van der Waals surface area (Å²) < 4.78 is 22.2. The van der Waals surface area contributed by atoms with Gasteiger partial charge in [-0.05, 0) is 44.9 Å². The van der Waals surface area contributed by atoms with Crippen LogP contribution in [0.2, 0.25) is 0 Å². The fourth-order valence-electron chi connectivity index (χ4n) is 8.09. The lowest BCUT2D eigenvalue weighted by atomic mass is 9.99. The molecule has 1 fully saturated rings. The summed E-state index contributed by atoms with van der Waals surface area (Å²) in [6.07, 6.45) is 46.0. The van der Waals surface area contributed by atoms with Gasteiger partial charge in [0.2, 0.25) is 0 Å². The average Bonchev–Trinajstić information content (AvgIpc) is 3.29. The predicted octanol–water partition coefficient (Wildman–Crippen LogP) is 12.6. The molecule has 1 saturated heterocycles. The highest BCUT2D eigenvalue weighted by atomic mass is 16.7. The summed E-state index contributed by atoms with van der Waals surface area (Å²) >= 11 is 0. The third-order valence-corrected chi connectivity index (χ3v) is 12.3. The monoisotopic (exact) mass is 907 g/mol. The molecule has 1 aliphatic rings. The molecule has 0 aromatic heterocycles. The van der Waals surface area contributed by atoms with Gasteiger partial charge in [0.05, 0.1) is 13.2 Å². The Hall–Kier alpha value is -2.08. The van der Waals surface area contributed by atoms with E-state index in [2.05, 4.69) is 50.3 Å². The third kappa shape index (κ3) is 35.2. The Labute approximate surface area is 391 Å². The first-order valence-electron chi connectivity index (χ1n) is 26.6. The molecular weight excluding hydrogens is 809 g/mol. The minimum Gasteiger partial charge on any atom is -0.462 e. The zero-order valence-corrected chi connectivity index (χ0v) is 41.0. The number of hydrogen-bond donors (Lipinski definition) is 4. The lowest BCUT2D eigenvalue weighted by molar-refractivity contribution is -0.305. The zero-order valence-electron chi connectivity index (χ0n) is 41.0. The zero-order chi connectivity index (χ0) is 46.6. The van der Waals surface area contributed by atoms with Crippen LogP contribution in [0.5, 0.6) is 0 Å². The minimum atomic E-state index is -1.60. The van der Waals surface area contributed by atoms with Gasteiger partial charge in [-0.25, -0.2) is 0 Å². The Bertz CT molecular complexity index is 1140. The molecule has 0 aromatic carbocycles. The maximum absolute atomic E-state index is 12.8. The lowest BCUT2D eigenvalue weighted by Crippen LogP contribution is -2.59. The number of esters is 2. The summed E-state index contributed by atoms with van der Waals surface area (Å²) in [5.41, 5.74) is 0. The van der Waals surface area contributed by atoms with Gasteiger partial charge >= 0.3 is 11.9 Å². The van der Waals surface area contributed by atoms with Crippen molar-refractivity contribution in [1.82, 2.24) is 0 Å². The number of allylic oxidation sites excluding steroid dienone is 6. The van der Waals surface area contributed by atoms with E-state index in [0.717, 1.165) is 38.5 Å². The van der Waals surface area contributed by atoms with Crippen molar-refractivity contribution in [3.05, 3.63) is 36.5 Å². The van der Waals surface area contributed by atoms with Crippen LogP contribution in [0, 0.1) is 0 Å². The maximum Gasteiger partial charge on any atom is 0.306 e. The van der Waals surface area contributed by atoms with Crippen molar-refractivity contribution in [2.75, 3.05) is 19.8 Å². The number of aliphatic hydroxyl groups is 4. The number of unbranched alkanes of at least 4 members (excludes halogenated alkanes) is 28. The van der Waals surface area contributed by atoms with Gasteiger partial charge in [0.25, 0.3) is 0 Å². The second-order valence-electron chi connectivity index (χ2n) is 18.3. The lowest BCUT2D eigenvalue weighted by Gasteiger charge is -2.39. The molecule has 10 heteroatoms. The summed E-state index contributed by atoms with van der Waals surface area (Å²) in [4.78, 5) is 25.4. The van der Waals surface area contributed by atoms with Crippen molar-refractivity contribution in [2.45, 2.75) is 275 Å². The molecule has 0 saturated carbocycles. The molecule has 0 radical (unpaired) electrons. The van der Waals surface area contributed by atoms with Crippen LogP contribution in [0.1, 0.15) is 239 Å². The van der Waals surface area contributed by atoms with E-state index in [0.29, 0.717) is 12.8 Å². The minimum absolute atomic E-state index is 0.160. The second kappa shape index (κ2) is 44.7. The van der Waals surface area contributed by atoms with Crippen LogP contribution in [-0.4, -0.2) is 89.0 Å². The molecule has 0 amide bonds. The van der Waals surface area contributed by atoms with Gasteiger partial charge < -0.3 is 39.4 Å². The van der Waals surface area contributed by atoms with Gasteiger partial charge in [-0.3, -0.25) is 9.59 Å². The van der Waals surface area contributed by atoms with Gasteiger partial charge in [0, 0.05) is 12.8 Å². The van der Waals surface area contributed by atoms with Crippen LogP contribution < -0.4 is 0 Å². The largest absolute Gasteiger partial charge is 0.462 e. The number of rotatable bonds is 45. The van der Waals surface area contributed by atoms with E-state index in [1.807, 2.05) is 0 Å². The number of ether oxygens (including phenoxy) is 4. The molecule has 0 bridgehead atoms. The molecule has 4 N–H and O–H groups in total. The molecule has 2 unspecified atom stereocenters.